The van der Waals surface area contributed by atoms with Crippen LogP contribution in [0.1, 0.15) is 5.56 Å². The summed E-state index contributed by atoms with van der Waals surface area (Å²) in [5.74, 6) is 0.430. The maximum atomic E-state index is 11.4. The monoisotopic (exact) mass is 391 g/mol. The van der Waals surface area contributed by atoms with E-state index in [9.17, 15) is 4.79 Å². The first kappa shape index (κ1) is 13.6. The Kier molecular flexibility index (Phi) is 4.09. The van der Waals surface area contributed by atoms with Crippen molar-refractivity contribution in [2.75, 3.05) is 5.32 Å². The van der Waals surface area contributed by atoms with Crippen LogP contribution in [0.2, 0.25) is 5.02 Å². The molecule has 94 valence electrons. The zero-order valence-corrected chi connectivity index (χ0v) is 13.1. The summed E-state index contributed by atoms with van der Waals surface area (Å²) in [6.07, 6.45) is 1.33. The molecule has 0 bridgehead atoms. The highest BCUT2D eigenvalue weighted by atomic mass is 79.9. The van der Waals surface area contributed by atoms with E-state index in [1.807, 2.05) is 13.0 Å². The molecule has 0 spiro atoms. The number of nitrogens with zero attached hydrogens (tertiary/aromatic N) is 1. The highest BCUT2D eigenvalue weighted by Gasteiger charge is 2.09. The fourth-order valence-electron chi connectivity index (χ4n) is 1.34. The van der Waals surface area contributed by atoms with Gasteiger partial charge in [-0.25, -0.2) is 4.98 Å². The van der Waals surface area contributed by atoms with E-state index in [-0.39, 0.29) is 5.56 Å². The molecular formula is C11H8Br2ClN3O. The Bertz CT molecular complexity index is 657. The van der Waals surface area contributed by atoms with E-state index in [1.54, 1.807) is 6.07 Å². The average Bonchev–Trinajstić information content (AvgIpc) is 2.32. The van der Waals surface area contributed by atoms with Crippen molar-refractivity contribution in [1.82, 2.24) is 9.97 Å². The number of benzene rings is 1. The Hall–Kier alpha value is -0.850. The number of nitrogens with one attached hydrogen (secondary N) is 2. The van der Waals surface area contributed by atoms with Gasteiger partial charge in [0.25, 0.3) is 5.56 Å². The minimum absolute atomic E-state index is 0.248. The summed E-state index contributed by atoms with van der Waals surface area (Å²) in [4.78, 5) is 17.9. The molecule has 0 unspecified atom stereocenters. The fourth-order valence-corrected chi connectivity index (χ4v) is 2.38. The zero-order valence-electron chi connectivity index (χ0n) is 9.22. The quantitative estimate of drug-likeness (QED) is 0.811. The third kappa shape index (κ3) is 2.76. The lowest BCUT2D eigenvalue weighted by Crippen LogP contribution is -2.10. The third-order valence-corrected chi connectivity index (χ3v) is 4.10. The minimum atomic E-state index is -0.248. The highest BCUT2D eigenvalue weighted by Crippen LogP contribution is 2.31. The number of halogens is 3. The molecule has 1 aromatic heterocycles. The van der Waals surface area contributed by atoms with Crippen LogP contribution in [0.3, 0.4) is 0 Å². The van der Waals surface area contributed by atoms with Gasteiger partial charge in [-0.3, -0.25) is 4.79 Å². The Balaban J connectivity index is 2.43. The number of aromatic nitrogens is 2. The van der Waals surface area contributed by atoms with Crippen LogP contribution < -0.4 is 10.9 Å². The van der Waals surface area contributed by atoms with Gasteiger partial charge in [-0.1, -0.05) is 11.6 Å². The third-order valence-electron chi connectivity index (χ3n) is 2.30. The molecule has 4 nitrogen and oxygen atoms in total. The first-order valence-corrected chi connectivity index (χ1v) is 6.91. The highest BCUT2D eigenvalue weighted by molar-refractivity contribution is 9.11. The predicted octanol–water partition coefficient (Wildman–Crippen LogP) is 4.00. The van der Waals surface area contributed by atoms with Gasteiger partial charge < -0.3 is 10.3 Å². The maximum absolute atomic E-state index is 11.4. The van der Waals surface area contributed by atoms with Crippen LogP contribution in [-0.4, -0.2) is 9.97 Å². The number of H-pyrrole nitrogens is 1. The van der Waals surface area contributed by atoms with Crippen LogP contribution in [0.15, 0.2) is 32.2 Å². The molecule has 0 aliphatic rings. The standard InChI is InChI=1S/C11H8Br2ClN3O/c1-5-2-6(12)8(3-7(5)14)17-10-9(13)11(18)16-4-15-10/h2-4H,1H3,(H2,15,16,17,18). The number of aryl methyl sites for hydroxylation is 1. The first-order valence-electron chi connectivity index (χ1n) is 4.95. The number of aromatic amines is 1. The number of hydrogen-bond acceptors (Lipinski definition) is 3. The number of hydrogen-bond donors (Lipinski definition) is 2. The van der Waals surface area contributed by atoms with Gasteiger partial charge in [-0.2, -0.15) is 0 Å². The first-order chi connectivity index (χ1) is 8.49. The van der Waals surface area contributed by atoms with E-state index in [0.717, 1.165) is 15.7 Å². The van der Waals surface area contributed by atoms with Crippen molar-refractivity contribution in [2.45, 2.75) is 6.92 Å². The average molecular weight is 393 g/mol. The van der Waals surface area contributed by atoms with Crippen LogP contribution in [0, 0.1) is 6.92 Å². The molecule has 2 rings (SSSR count). The van der Waals surface area contributed by atoms with Gasteiger partial charge in [0, 0.05) is 9.50 Å². The van der Waals surface area contributed by atoms with E-state index in [0.29, 0.717) is 15.3 Å². The molecule has 2 N–H and O–H groups in total. The van der Waals surface area contributed by atoms with Crippen molar-refractivity contribution in [2.24, 2.45) is 0 Å². The summed E-state index contributed by atoms with van der Waals surface area (Å²) in [5, 5.41) is 3.68. The van der Waals surface area contributed by atoms with Crippen molar-refractivity contribution in [3.63, 3.8) is 0 Å². The Labute approximate surface area is 125 Å². The second-order valence-electron chi connectivity index (χ2n) is 3.60. The van der Waals surface area contributed by atoms with Gasteiger partial charge in [0.1, 0.15) is 4.47 Å². The van der Waals surface area contributed by atoms with Crippen LogP contribution in [0.25, 0.3) is 0 Å². The predicted molar refractivity (Wildman–Crippen MR) is 79.7 cm³/mol. The summed E-state index contributed by atoms with van der Waals surface area (Å²) >= 11 is 12.7. The van der Waals surface area contributed by atoms with Gasteiger partial charge in [0.15, 0.2) is 5.82 Å². The van der Waals surface area contributed by atoms with Crippen LogP contribution >= 0.6 is 43.5 Å². The molecular weight excluding hydrogens is 385 g/mol. The van der Waals surface area contributed by atoms with Crippen molar-refractivity contribution in [1.29, 1.82) is 0 Å². The van der Waals surface area contributed by atoms with Gasteiger partial charge >= 0.3 is 0 Å². The summed E-state index contributed by atoms with van der Waals surface area (Å²) in [6, 6.07) is 3.67. The molecule has 18 heavy (non-hydrogen) atoms. The molecule has 0 amide bonds. The lowest BCUT2D eigenvalue weighted by molar-refractivity contribution is 1.10. The van der Waals surface area contributed by atoms with Crippen LogP contribution in [0.4, 0.5) is 11.5 Å². The molecule has 0 atom stereocenters. The summed E-state index contributed by atoms with van der Waals surface area (Å²) < 4.78 is 1.19. The smallest absolute Gasteiger partial charge is 0.267 e. The molecule has 0 saturated heterocycles. The molecule has 0 fully saturated rings. The van der Waals surface area contributed by atoms with Crippen molar-refractivity contribution < 1.29 is 0 Å². The van der Waals surface area contributed by atoms with Gasteiger partial charge in [-0.05, 0) is 56.5 Å². The van der Waals surface area contributed by atoms with Gasteiger partial charge in [0.05, 0.1) is 12.0 Å². The van der Waals surface area contributed by atoms with Gasteiger partial charge in [0.2, 0.25) is 0 Å². The molecule has 7 heteroatoms. The molecule has 2 aromatic rings. The Morgan fingerprint density at radius 3 is 2.83 bits per heavy atom. The molecule has 0 aliphatic heterocycles. The normalized spacial score (nSPS) is 10.4. The zero-order chi connectivity index (χ0) is 13.3. The Morgan fingerprint density at radius 1 is 1.39 bits per heavy atom. The molecule has 0 saturated carbocycles. The molecule has 0 aliphatic carbocycles. The SMILES string of the molecule is Cc1cc(Br)c(Nc2nc[nH]c(=O)c2Br)cc1Cl. The summed E-state index contributed by atoms with van der Waals surface area (Å²) in [7, 11) is 0. The number of rotatable bonds is 2. The van der Waals surface area contributed by atoms with E-state index in [4.69, 9.17) is 11.6 Å². The van der Waals surface area contributed by atoms with Crippen LogP contribution in [0.5, 0.6) is 0 Å². The van der Waals surface area contributed by atoms with E-state index >= 15 is 0 Å². The van der Waals surface area contributed by atoms with Crippen LogP contribution in [-0.2, 0) is 0 Å². The van der Waals surface area contributed by atoms with Crippen molar-refractivity contribution in [3.05, 3.63) is 48.3 Å². The summed E-state index contributed by atoms with van der Waals surface area (Å²) in [6.45, 7) is 1.91. The molecule has 1 heterocycles. The number of anilines is 2. The lowest BCUT2D eigenvalue weighted by atomic mass is 10.2. The topological polar surface area (TPSA) is 57.8 Å². The maximum Gasteiger partial charge on any atom is 0.267 e. The minimum Gasteiger partial charge on any atom is -0.338 e. The summed E-state index contributed by atoms with van der Waals surface area (Å²) in [5.41, 5.74) is 1.46. The van der Waals surface area contributed by atoms with Gasteiger partial charge in [-0.15, -0.1) is 0 Å². The second-order valence-corrected chi connectivity index (χ2v) is 5.66. The molecule has 0 radical (unpaired) electrons. The van der Waals surface area contributed by atoms with E-state index < -0.39 is 0 Å². The van der Waals surface area contributed by atoms with E-state index in [2.05, 4.69) is 47.1 Å². The van der Waals surface area contributed by atoms with Crippen molar-refractivity contribution in [3.8, 4) is 0 Å². The second kappa shape index (κ2) is 5.42. The molecule has 1 aromatic carbocycles. The fraction of sp³-hybridized carbons (Fsp3) is 0.0909. The van der Waals surface area contributed by atoms with Crippen molar-refractivity contribution >= 4 is 55.0 Å². The lowest BCUT2D eigenvalue weighted by Gasteiger charge is -2.10. The Morgan fingerprint density at radius 2 is 2.11 bits per heavy atom. The van der Waals surface area contributed by atoms with E-state index in [1.165, 1.54) is 6.33 Å². The largest absolute Gasteiger partial charge is 0.338 e.